The third-order valence-corrected chi connectivity index (χ3v) is 3.93. The first-order valence-electron chi connectivity index (χ1n) is 7.82. The van der Waals surface area contributed by atoms with Crippen LogP contribution in [0.5, 0.6) is 11.5 Å². The smallest absolute Gasteiger partial charge is 0.257 e. The first-order chi connectivity index (χ1) is 12.2. The average Bonchev–Trinajstić information content (AvgIpc) is 3.02. The molecule has 2 aromatic carbocycles. The minimum Gasteiger partial charge on any atom is -0.497 e. The van der Waals surface area contributed by atoms with Gasteiger partial charge in [0.25, 0.3) is 5.91 Å². The third kappa shape index (κ3) is 4.42. The van der Waals surface area contributed by atoms with Gasteiger partial charge in [0.05, 0.1) is 23.2 Å². The lowest BCUT2D eigenvalue weighted by Crippen LogP contribution is -2.30. The number of H-pyrrole nitrogens is 1. The molecule has 0 saturated heterocycles. The number of carbonyl (C=O) groups excluding carboxylic acids is 1. The molecule has 0 aliphatic rings. The maximum Gasteiger partial charge on any atom is 0.257 e. The Kier molecular flexibility index (Phi) is 5.40. The summed E-state index contributed by atoms with van der Waals surface area (Å²) in [5.41, 5.74) is 1.77. The van der Waals surface area contributed by atoms with Crippen LogP contribution < -0.4 is 14.8 Å². The fourth-order valence-corrected chi connectivity index (χ4v) is 2.55. The number of nitrogens with one attached hydrogen (secondary N) is 2. The van der Waals surface area contributed by atoms with Crippen LogP contribution >= 0.6 is 11.6 Å². The molecule has 0 aliphatic heterocycles. The fourth-order valence-electron chi connectivity index (χ4n) is 2.36. The normalized spacial score (nSPS) is 10.6. The molecule has 3 rings (SSSR count). The van der Waals surface area contributed by atoms with Crippen molar-refractivity contribution in [2.75, 3.05) is 20.3 Å². The summed E-state index contributed by atoms with van der Waals surface area (Å²) in [5.74, 6) is 1.85. The van der Waals surface area contributed by atoms with Gasteiger partial charge in [-0.25, -0.2) is 4.98 Å². The number of amides is 1. The van der Waals surface area contributed by atoms with E-state index >= 15 is 0 Å². The van der Waals surface area contributed by atoms with Crippen LogP contribution in [-0.4, -0.2) is 36.1 Å². The van der Waals surface area contributed by atoms with Crippen LogP contribution in [0, 0.1) is 0 Å². The first kappa shape index (κ1) is 17.1. The molecule has 7 heteroatoms. The zero-order valence-corrected chi connectivity index (χ0v) is 14.5. The van der Waals surface area contributed by atoms with Gasteiger partial charge in [0.1, 0.15) is 17.3 Å². The number of imidazole rings is 1. The van der Waals surface area contributed by atoms with E-state index in [-0.39, 0.29) is 12.5 Å². The van der Waals surface area contributed by atoms with Crippen LogP contribution in [0.1, 0.15) is 5.82 Å². The number of benzene rings is 2. The molecule has 1 amide bonds. The van der Waals surface area contributed by atoms with E-state index in [4.69, 9.17) is 21.1 Å². The van der Waals surface area contributed by atoms with E-state index < -0.39 is 0 Å². The summed E-state index contributed by atoms with van der Waals surface area (Å²) in [6.07, 6.45) is 0.592. The summed E-state index contributed by atoms with van der Waals surface area (Å²) in [5, 5.41) is 3.28. The number of carbonyl (C=O) groups is 1. The van der Waals surface area contributed by atoms with Gasteiger partial charge in [0, 0.05) is 19.0 Å². The lowest BCUT2D eigenvalue weighted by atomic mass is 10.3. The van der Waals surface area contributed by atoms with Gasteiger partial charge in [-0.2, -0.15) is 0 Å². The van der Waals surface area contributed by atoms with Crippen molar-refractivity contribution in [3.05, 3.63) is 53.3 Å². The van der Waals surface area contributed by atoms with E-state index in [9.17, 15) is 4.79 Å². The van der Waals surface area contributed by atoms with Crippen molar-refractivity contribution < 1.29 is 14.3 Å². The minimum atomic E-state index is -0.210. The zero-order valence-electron chi connectivity index (χ0n) is 13.7. The molecule has 1 aromatic heterocycles. The van der Waals surface area contributed by atoms with E-state index in [1.165, 1.54) is 0 Å². The fraction of sp³-hybridized carbons (Fsp3) is 0.222. The highest BCUT2D eigenvalue weighted by Crippen LogP contribution is 2.22. The molecule has 6 nitrogen and oxygen atoms in total. The number of halogens is 1. The topological polar surface area (TPSA) is 76.2 Å². The molecular formula is C18H18ClN3O3. The van der Waals surface area contributed by atoms with Crippen molar-refractivity contribution in [2.45, 2.75) is 6.42 Å². The summed E-state index contributed by atoms with van der Waals surface area (Å²) in [7, 11) is 1.62. The molecule has 0 fully saturated rings. The van der Waals surface area contributed by atoms with E-state index in [1.807, 2.05) is 18.2 Å². The van der Waals surface area contributed by atoms with Crippen LogP contribution in [-0.2, 0) is 11.2 Å². The number of nitrogens with zero attached hydrogens (tertiary/aromatic N) is 1. The Morgan fingerprint density at radius 2 is 2.12 bits per heavy atom. The standard InChI is InChI=1S/C18H18ClN3O3/c1-24-12-6-7-14-15(10-12)22-17(21-14)8-9-20-18(23)11-25-16-5-3-2-4-13(16)19/h2-7,10H,8-9,11H2,1H3,(H,20,23)(H,21,22). The van der Waals surface area contributed by atoms with Gasteiger partial charge >= 0.3 is 0 Å². The molecule has 0 atom stereocenters. The number of hydrogen-bond acceptors (Lipinski definition) is 4. The Labute approximate surface area is 150 Å². The van der Waals surface area contributed by atoms with Crippen molar-refractivity contribution >= 4 is 28.5 Å². The Balaban J connectivity index is 1.47. The Hall–Kier alpha value is -2.73. The highest BCUT2D eigenvalue weighted by Gasteiger charge is 2.07. The number of rotatable bonds is 7. The quantitative estimate of drug-likeness (QED) is 0.680. The molecule has 0 saturated carbocycles. The molecule has 0 bridgehead atoms. The molecule has 0 unspecified atom stereocenters. The first-order valence-corrected chi connectivity index (χ1v) is 8.20. The van der Waals surface area contributed by atoms with Crippen LogP contribution in [0.4, 0.5) is 0 Å². The molecular weight excluding hydrogens is 342 g/mol. The van der Waals surface area contributed by atoms with Gasteiger partial charge in [-0.05, 0) is 24.3 Å². The van der Waals surface area contributed by atoms with E-state index in [0.29, 0.717) is 23.7 Å². The summed E-state index contributed by atoms with van der Waals surface area (Å²) in [6.45, 7) is 0.378. The van der Waals surface area contributed by atoms with E-state index in [0.717, 1.165) is 22.6 Å². The van der Waals surface area contributed by atoms with Crippen molar-refractivity contribution in [1.82, 2.24) is 15.3 Å². The highest BCUT2D eigenvalue weighted by atomic mass is 35.5. The minimum absolute atomic E-state index is 0.0823. The predicted octanol–water partition coefficient (Wildman–Crippen LogP) is 2.96. The van der Waals surface area contributed by atoms with Gasteiger partial charge in [0.2, 0.25) is 0 Å². The van der Waals surface area contributed by atoms with Crippen LogP contribution in [0.15, 0.2) is 42.5 Å². The number of aromatic nitrogens is 2. The Morgan fingerprint density at radius 3 is 2.92 bits per heavy atom. The van der Waals surface area contributed by atoms with Gasteiger partial charge < -0.3 is 19.8 Å². The second kappa shape index (κ2) is 7.90. The Bertz CT molecular complexity index is 879. The van der Waals surface area contributed by atoms with Crippen molar-refractivity contribution in [3.63, 3.8) is 0 Å². The maximum atomic E-state index is 11.8. The average molecular weight is 360 g/mol. The molecule has 0 spiro atoms. The van der Waals surface area contributed by atoms with E-state index in [2.05, 4.69) is 15.3 Å². The van der Waals surface area contributed by atoms with Crippen LogP contribution in [0.25, 0.3) is 11.0 Å². The summed E-state index contributed by atoms with van der Waals surface area (Å²) in [6, 6.07) is 12.7. The van der Waals surface area contributed by atoms with Gasteiger partial charge in [-0.15, -0.1) is 0 Å². The van der Waals surface area contributed by atoms with Crippen molar-refractivity contribution in [3.8, 4) is 11.5 Å². The molecule has 1 heterocycles. The maximum absolute atomic E-state index is 11.8. The number of methoxy groups -OCH3 is 1. The van der Waals surface area contributed by atoms with E-state index in [1.54, 1.807) is 31.4 Å². The number of para-hydroxylation sites is 1. The third-order valence-electron chi connectivity index (χ3n) is 3.62. The highest BCUT2D eigenvalue weighted by molar-refractivity contribution is 6.32. The predicted molar refractivity (Wildman–Crippen MR) is 96.3 cm³/mol. The number of fused-ring (bicyclic) bond motifs is 1. The Morgan fingerprint density at radius 1 is 1.28 bits per heavy atom. The van der Waals surface area contributed by atoms with Gasteiger partial charge in [-0.1, -0.05) is 23.7 Å². The molecule has 25 heavy (non-hydrogen) atoms. The number of hydrogen-bond donors (Lipinski definition) is 2. The second-order valence-corrected chi connectivity index (χ2v) is 5.79. The molecule has 3 aromatic rings. The largest absolute Gasteiger partial charge is 0.497 e. The number of ether oxygens (including phenoxy) is 2. The molecule has 130 valence electrons. The number of aromatic amines is 1. The monoisotopic (exact) mass is 359 g/mol. The van der Waals surface area contributed by atoms with Crippen LogP contribution in [0.3, 0.4) is 0 Å². The lowest BCUT2D eigenvalue weighted by molar-refractivity contribution is -0.123. The zero-order chi connectivity index (χ0) is 17.6. The summed E-state index contributed by atoms with van der Waals surface area (Å²) < 4.78 is 10.6. The van der Waals surface area contributed by atoms with Gasteiger partial charge in [-0.3, -0.25) is 4.79 Å². The SMILES string of the molecule is COc1ccc2nc(CCNC(=O)COc3ccccc3Cl)[nH]c2c1. The molecule has 2 N–H and O–H groups in total. The second-order valence-electron chi connectivity index (χ2n) is 5.39. The van der Waals surface area contributed by atoms with Crippen molar-refractivity contribution in [2.24, 2.45) is 0 Å². The van der Waals surface area contributed by atoms with Gasteiger partial charge in [0.15, 0.2) is 6.61 Å². The molecule has 0 radical (unpaired) electrons. The van der Waals surface area contributed by atoms with Crippen LogP contribution in [0.2, 0.25) is 5.02 Å². The summed E-state index contributed by atoms with van der Waals surface area (Å²) in [4.78, 5) is 19.5. The summed E-state index contributed by atoms with van der Waals surface area (Å²) >= 11 is 5.97. The van der Waals surface area contributed by atoms with Crippen molar-refractivity contribution in [1.29, 1.82) is 0 Å². The molecule has 0 aliphatic carbocycles. The lowest BCUT2D eigenvalue weighted by Gasteiger charge is -2.08.